The number of anilines is 1. The smallest absolute Gasteiger partial charge is 0.240 e. The Bertz CT molecular complexity index is 988. The molecule has 0 bridgehead atoms. The third kappa shape index (κ3) is 3.51. The van der Waals surface area contributed by atoms with Crippen LogP contribution < -0.4 is 4.90 Å². The van der Waals surface area contributed by atoms with Crippen LogP contribution in [-0.4, -0.2) is 18.7 Å². The Morgan fingerprint density at radius 2 is 1.54 bits per heavy atom. The molecule has 1 aliphatic heterocycles. The van der Waals surface area contributed by atoms with E-state index in [1.54, 1.807) is 24.1 Å². The zero-order valence-electron chi connectivity index (χ0n) is 15.3. The molecule has 0 N–H and O–H groups in total. The first-order valence-corrected chi connectivity index (χ1v) is 9.40. The molecule has 1 aliphatic rings. The zero-order valence-corrected chi connectivity index (χ0v) is 16.1. The van der Waals surface area contributed by atoms with Crippen LogP contribution in [0.25, 0.3) is 0 Å². The van der Waals surface area contributed by atoms with Crippen molar-refractivity contribution >= 4 is 28.9 Å². The minimum atomic E-state index is -0.561. The van der Waals surface area contributed by atoms with Crippen molar-refractivity contribution in [3.63, 3.8) is 0 Å². The number of nitrogens with zero attached hydrogens (tertiary/aromatic N) is 2. The van der Waals surface area contributed by atoms with Crippen molar-refractivity contribution in [2.24, 2.45) is 11.1 Å². The summed E-state index contributed by atoms with van der Waals surface area (Å²) in [6.45, 7) is 0. The van der Waals surface area contributed by atoms with Crippen molar-refractivity contribution < 1.29 is 9.63 Å². The molecule has 0 radical (unpaired) electrons. The molecule has 0 unspecified atom stereocenters. The molecule has 0 aromatic heterocycles. The van der Waals surface area contributed by atoms with Crippen LogP contribution in [-0.2, 0) is 9.63 Å². The summed E-state index contributed by atoms with van der Waals surface area (Å²) in [4.78, 5) is 20.9. The SMILES string of the molecule is CN(C(=O)[C@H]1C(c2ccc(Cl)cc2)=NO[C@@H]1c1ccccc1)c1ccccc1. The van der Waals surface area contributed by atoms with Crippen LogP contribution in [0.15, 0.2) is 90.1 Å². The molecule has 2 atom stereocenters. The van der Waals surface area contributed by atoms with Gasteiger partial charge in [-0.25, -0.2) is 0 Å². The van der Waals surface area contributed by atoms with Crippen molar-refractivity contribution in [1.82, 2.24) is 0 Å². The summed E-state index contributed by atoms with van der Waals surface area (Å²) in [5.74, 6) is -0.639. The molecule has 3 aromatic rings. The lowest BCUT2D eigenvalue weighted by molar-refractivity contribution is -0.123. The van der Waals surface area contributed by atoms with E-state index in [-0.39, 0.29) is 5.91 Å². The average molecular weight is 391 g/mol. The molecule has 0 spiro atoms. The van der Waals surface area contributed by atoms with Crippen LogP contribution in [0.2, 0.25) is 5.02 Å². The second kappa shape index (κ2) is 7.87. The van der Waals surface area contributed by atoms with E-state index in [0.29, 0.717) is 10.7 Å². The van der Waals surface area contributed by atoms with E-state index in [1.165, 1.54) is 0 Å². The molecule has 0 aliphatic carbocycles. The van der Waals surface area contributed by atoms with Crippen molar-refractivity contribution in [3.05, 3.63) is 101 Å². The van der Waals surface area contributed by atoms with E-state index in [1.807, 2.05) is 72.8 Å². The normalized spacial score (nSPS) is 18.3. The fourth-order valence-corrected chi connectivity index (χ4v) is 3.48. The number of amides is 1. The van der Waals surface area contributed by atoms with E-state index < -0.39 is 12.0 Å². The zero-order chi connectivity index (χ0) is 19.5. The topological polar surface area (TPSA) is 41.9 Å². The fourth-order valence-electron chi connectivity index (χ4n) is 3.36. The first-order valence-electron chi connectivity index (χ1n) is 9.02. The van der Waals surface area contributed by atoms with Gasteiger partial charge in [0.05, 0.1) is 0 Å². The molecule has 4 rings (SSSR count). The highest BCUT2D eigenvalue weighted by Crippen LogP contribution is 2.37. The minimum Gasteiger partial charge on any atom is -0.386 e. The highest BCUT2D eigenvalue weighted by Gasteiger charge is 2.43. The Morgan fingerprint density at radius 3 is 2.18 bits per heavy atom. The van der Waals surface area contributed by atoms with Crippen molar-refractivity contribution in [2.45, 2.75) is 6.10 Å². The van der Waals surface area contributed by atoms with E-state index in [2.05, 4.69) is 5.16 Å². The second-order valence-electron chi connectivity index (χ2n) is 6.63. The number of halogens is 1. The molecule has 3 aromatic carbocycles. The van der Waals surface area contributed by atoms with Gasteiger partial charge in [0.2, 0.25) is 5.91 Å². The van der Waals surface area contributed by atoms with Gasteiger partial charge < -0.3 is 9.74 Å². The third-order valence-corrected chi connectivity index (χ3v) is 5.12. The lowest BCUT2D eigenvalue weighted by atomic mass is 9.87. The van der Waals surface area contributed by atoms with Gasteiger partial charge >= 0.3 is 0 Å². The second-order valence-corrected chi connectivity index (χ2v) is 7.07. The predicted molar refractivity (Wildman–Crippen MR) is 112 cm³/mol. The number of hydrogen-bond acceptors (Lipinski definition) is 3. The first kappa shape index (κ1) is 18.3. The Balaban J connectivity index is 1.73. The Labute approximate surface area is 169 Å². The number of carbonyl (C=O) groups is 1. The molecule has 0 saturated carbocycles. The van der Waals surface area contributed by atoms with Crippen LogP contribution in [0.5, 0.6) is 0 Å². The Kier molecular flexibility index (Phi) is 5.13. The highest BCUT2D eigenvalue weighted by atomic mass is 35.5. The van der Waals surface area contributed by atoms with Crippen LogP contribution in [0.4, 0.5) is 5.69 Å². The summed E-state index contributed by atoms with van der Waals surface area (Å²) < 4.78 is 0. The third-order valence-electron chi connectivity index (χ3n) is 4.87. The highest BCUT2D eigenvalue weighted by molar-refractivity contribution is 6.30. The molecule has 0 fully saturated rings. The van der Waals surface area contributed by atoms with Gasteiger partial charge in [-0.15, -0.1) is 0 Å². The molecule has 140 valence electrons. The molecule has 4 nitrogen and oxygen atoms in total. The number of benzene rings is 3. The number of para-hydroxylation sites is 1. The molecule has 28 heavy (non-hydrogen) atoms. The van der Waals surface area contributed by atoms with Crippen LogP contribution >= 0.6 is 11.6 Å². The fraction of sp³-hybridized carbons (Fsp3) is 0.130. The molecule has 1 amide bonds. The van der Waals surface area contributed by atoms with Gasteiger partial charge in [-0.2, -0.15) is 0 Å². The van der Waals surface area contributed by atoms with Crippen LogP contribution in [0.1, 0.15) is 17.2 Å². The molecule has 0 saturated heterocycles. The molecule has 1 heterocycles. The maximum Gasteiger partial charge on any atom is 0.240 e. The summed E-state index contributed by atoms with van der Waals surface area (Å²) in [5, 5.41) is 4.93. The lowest BCUT2D eigenvalue weighted by Gasteiger charge is -2.25. The monoisotopic (exact) mass is 390 g/mol. The van der Waals surface area contributed by atoms with Crippen molar-refractivity contribution in [1.29, 1.82) is 0 Å². The summed E-state index contributed by atoms with van der Waals surface area (Å²) >= 11 is 6.03. The maximum absolute atomic E-state index is 13.5. The Hall–Kier alpha value is -3.11. The summed E-state index contributed by atoms with van der Waals surface area (Å²) in [6.07, 6.45) is -0.481. The van der Waals surface area contributed by atoms with Gasteiger partial charge in [-0.1, -0.05) is 77.4 Å². The lowest BCUT2D eigenvalue weighted by Crippen LogP contribution is -2.38. The first-order chi connectivity index (χ1) is 13.6. The van der Waals surface area contributed by atoms with Gasteiger partial charge in [0.15, 0.2) is 6.10 Å². The minimum absolute atomic E-state index is 0.0775. The van der Waals surface area contributed by atoms with Gasteiger partial charge in [0.25, 0.3) is 0 Å². The van der Waals surface area contributed by atoms with Crippen molar-refractivity contribution in [3.8, 4) is 0 Å². The number of oxime groups is 1. The summed E-state index contributed by atoms with van der Waals surface area (Å²) in [7, 11) is 1.78. The standard InChI is InChI=1S/C23H19ClN2O2/c1-26(19-10-6-3-7-11-19)23(27)20-21(16-12-14-18(24)15-13-16)25-28-22(20)17-8-4-2-5-9-17/h2-15,20,22H,1H3/t20-,22+/m0/s1. The Morgan fingerprint density at radius 1 is 0.929 bits per heavy atom. The molecule has 5 heteroatoms. The van der Waals surface area contributed by atoms with Crippen molar-refractivity contribution in [2.75, 3.05) is 11.9 Å². The van der Waals surface area contributed by atoms with Gasteiger partial charge in [-0.05, 0) is 29.8 Å². The van der Waals surface area contributed by atoms with Crippen LogP contribution in [0.3, 0.4) is 0 Å². The quantitative estimate of drug-likeness (QED) is 0.622. The average Bonchev–Trinajstić information content (AvgIpc) is 3.19. The van der Waals surface area contributed by atoms with E-state index >= 15 is 0 Å². The summed E-state index contributed by atoms with van der Waals surface area (Å²) in [6, 6.07) is 26.6. The maximum atomic E-state index is 13.5. The summed E-state index contributed by atoms with van der Waals surface area (Å²) in [5.41, 5.74) is 3.16. The molecular weight excluding hydrogens is 372 g/mol. The number of rotatable bonds is 4. The van der Waals surface area contributed by atoms with E-state index in [0.717, 1.165) is 16.8 Å². The predicted octanol–water partition coefficient (Wildman–Crippen LogP) is 5.09. The molecular formula is C23H19ClN2O2. The van der Waals surface area contributed by atoms with Gasteiger partial charge in [-0.3, -0.25) is 4.79 Å². The number of carbonyl (C=O) groups excluding carboxylic acids is 1. The largest absolute Gasteiger partial charge is 0.386 e. The van der Waals surface area contributed by atoms with Crippen LogP contribution in [0, 0.1) is 5.92 Å². The van der Waals surface area contributed by atoms with Gasteiger partial charge in [0.1, 0.15) is 11.6 Å². The van der Waals surface area contributed by atoms with Gasteiger partial charge in [0, 0.05) is 23.3 Å². The van der Waals surface area contributed by atoms with E-state index in [4.69, 9.17) is 16.4 Å². The van der Waals surface area contributed by atoms with E-state index in [9.17, 15) is 4.79 Å². The number of hydrogen-bond donors (Lipinski definition) is 0.